The number of rotatable bonds is 4. The van der Waals surface area contributed by atoms with Gasteiger partial charge in [-0.1, -0.05) is 43.0 Å². The van der Waals surface area contributed by atoms with Gasteiger partial charge in [-0.05, 0) is 37.1 Å². The first-order valence-corrected chi connectivity index (χ1v) is 6.98. The highest BCUT2D eigenvalue weighted by Crippen LogP contribution is 2.27. The number of pyridine rings is 1. The molecular formula is C15H18N2S. The Labute approximate surface area is 113 Å². The minimum atomic E-state index is 0.0910. The molecule has 0 radical (unpaired) electrons. The van der Waals surface area contributed by atoms with Crippen molar-refractivity contribution in [3.63, 3.8) is 0 Å². The van der Waals surface area contributed by atoms with Gasteiger partial charge in [0.15, 0.2) is 0 Å². The second kappa shape index (κ2) is 6.03. The van der Waals surface area contributed by atoms with Crippen molar-refractivity contribution >= 4 is 11.8 Å². The Kier molecular flexibility index (Phi) is 4.39. The first-order valence-electron chi connectivity index (χ1n) is 6.16. The van der Waals surface area contributed by atoms with Gasteiger partial charge in [0.2, 0.25) is 0 Å². The van der Waals surface area contributed by atoms with E-state index in [-0.39, 0.29) is 6.04 Å². The lowest BCUT2D eigenvalue weighted by molar-refractivity contribution is 0.686. The zero-order valence-corrected chi connectivity index (χ0v) is 11.6. The van der Waals surface area contributed by atoms with Crippen molar-refractivity contribution < 1.29 is 0 Å². The monoisotopic (exact) mass is 258 g/mol. The van der Waals surface area contributed by atoms with E-state index in [1.165, 1.54) is 4.90 Å². The zero-order valence-electron chi connectivity index (χ0n) is 10.8. The molecule has 0 aliphatic carbocycles. The lowest BCUT2D eigenvalue weighted by Gasteiger charge is -2.12. The molecule has 2 nitrogen and oxygen atoms in total. The smallest absolute Gasteiger partial charge is 0.101 e. The van der Waals surface area contributed by atoms with Crippen LogP contribution < -0.4 is 5.73 Å². The average Bonchev–Trinajstić information content (AvgIpc) is 2.39. The highest BCUT2D eigenvalue weighted by atomic mass is 32.2. The van der Waals surface area contributed by atoms with Gasteiger partial charge in [0.1, 0.15) is 5.03 Å². The standard InChI is InChI=1S/C15H18N2S/c1-3-14(16)13-9-10-15(17-11(13)2)18-12-7-5-4-6-8-12/h4-10,14H,3,16H2,1-2H3/t14-/m0/s1. The average molecular weight is 258 g/mol. The van der Waals surface area contributed by atoms with Gasteiger partial charge in [0.05, 0.1) is 0 Å². The summed E-state index contributed by atoms with van der Waals surface area (Å²) in [5.41, 5.74) is 8.23. The predicted molar refractivity (Wildman–Crippen MR) is 76.8 cm³/mol. The molecule has 1 aromatic heterocycles. The Morgan fingerprint density at radius 1 is 1.17 bits per heavy atom. The lowest BCUT2D eigenvalue weighted by atomic mass is 10.0. The lowest BCUT2D eigenvalue weighted by Crippen LogP contribution is -2.11. The van der Waals surface area contributed by atoms with E-state index in [1.807, 2.05) is 25.1 Å². The van der Waals surface area contributed by atoms with Crippen molar-refractivity contribution in [2.45, 2.75) is 36.2 Å². The molecule has 1 heterocycles. The van der Waals surface area contributed by atoms with Crippen molar-refractivity contribution in [2.75, 3.05) is 0 Å². The molecule has 0 aliphatic rings. The van der Waals surface area contributed by atoms with E-state index in [9.17, 15) is 0 Å². The van der Waals surface area contributed by atoms with Crippen molar-refractivity contribution in [1.29, 1.82) is 0 Å². The minimum Gasteiger partial charge on any atom is -0.324 e. The predicted octanol–water partition coefficient (Wildman–Crippen LogP) is 3.95. The summed E-state index contributed by atoms with van der Waals surface area (Å²) in [6, 6.07) is 14.5. The Hall–Kier alpha value is -1.32. The molecule has 0 spiro atoms. The highest BCUT2D eigenvalue weighted by molar-refractivity contribution is 7.99. The summed E-state index contributed by atoms with van der Waals surface area (Å²) < 4.78 is 0. The van der Waals surface area contributed by atoms with Crippen LogP contribution in [0.4, 0.5) is 0 Å². The van der Waals surface area contributed by atoms with Crippen LogP contribution in [0.15, 0.2) is 52.4 Å². The topological polar surface area (TPSA) is 38.9 Å². The Morgan fingerprint density at radius 2 is 1.89 bits per heavy atom. The van der Waals surface area contributed by atoms with E-state index < -0.39 is 0 Å². The summed E-state index contributed by atoms with van der Waals surface area (Å²) in [6.07, 6.45) is 0.938. The van der Waals surface area contributed by atoms with Crippen LogP contribution in [-0.4, -0.2) is 4.98 Å². The van der Waals surface area contributed by atoms with Crippen LogP contribution >= 0.6 is 11.8 Å². The molecule has 18 heavy (non-hydrogen) atoms. The normalized spacial score (nSPS) is 12.4. The number of hydrogen-bond donors (Lipinski definition) is 1. The van der Waals surface area contributed by atoms with Crippen LogP contribution in [0.3, 0.4) is 0 Å². The van der Waals surface area contributed by atoms with E-state index >= 15 is 0 Å². The van der Waals surface area contributed by atoms with Gasteiger partial charge in [0, 0.05) is 16.6 Å². The largest absolute Gasteiger partial charge is 0.324 e. The first kappa shape index (κ1) is 13.1. The molecule has 2 aromatic rings. The maximum atomic E-state index is 6.05. The molecule has 94 valence electrons. The summed E-state index contributed by atoms with van der Waals surface area (Å²) in [5.74, 6) is 0. The third kappa shape index (κ3) is 3.12. The molecule has 0 saturated heterocycles. The SMILES string of the molecule is CC[C@H](N)c1ccc(Sc2ccccc2)nc1C. The molecule has 2 rings (SSSR count). The third-order valence-corrected chi connectivity index (χ3v) is 3.85. The second-order valence-corrected chi connectivity index (χ2v) is 5.35. The molecule has 0 bridgehead atoms. The molecule has 1 atom stereocenters. The molecule has 0 fully saturated rings. The van der Waals surface area contributed by atoms with Gasteiger partial charge in [-0.3, -0.25) is 0 Å². The fraction of sp³-hybridized carbons (Fsp3) is 0.267. The second-order valence-electron chi connectivity index (χ2n) is 4.25. The van der Waals surface area contributed by atoms with Crippen molar-refractivity contribution in [3.05, 3.63) is 53.7 Å². The van der Waals surface area contributed by atoms with Crippen molar-refractivity contribution in [2.24, 2.45) is 5.73 Å². The van der Waals surface area contributed by atoms with Gasteiger partial charge in [0.25, 0.3) is 0 Å². The Bertz CT molecular complexity index is 511. The fourth-order valence-electron chi connectivity index (χ4n) is 1.83. The quantitative estimate of drug-likeness (QED) is 0.902. The summed E-state index contributed by atoms with van der Waals surface area (Å²) in [6.45, 7) is 4.12. The summed E-state index contributed by atoms with van der Waals surface area (Å²) in [5, 5.41) is 1.02. The number of nitrogens with zero attached hydrogens (tertiary/aromatic N) is 1. The number of benzene rings is 1. The Morgan fingerprint density at radius 3 is 2.50 bits per heavy atom. The highest BCUT2D eigenvalue weighted by Gasteiger charge is 2.09. The fourth-order valence-corrected chi connectivity index (χ4v) is 2.68. The summed E-state index contributed by atoms with van der Waals surface area (Å²) in [4.78, 5) is 5.83. The van der Waals surface area contributed by atoms with Gasteiger partial charge < -0.3 is 5.73 Å². The van der Waals surface area contributed by atoms with Crippen LogP contribution in [0.2, 0.25) is 0 Å². The van der Waals surface area contributed by atoms with E-state index in [0.29, 0.717) is 0 Å². The van der Waals surface area contributed by atoms with Crippen LogP contribution in [0.1, 0.15) is 30.6 Å². The molecule has 2 N–H and O–H groups in total. The maximum absolute atomic E-state index is 6.05. The molecule has 0 saturated carbocycles. The molecule has 1 aromatic carbocycles. The van der Waals surface area contributed by atoms with Gasteiger partial charge in [-0.25, -0.2) is 4.98 Å². The number of hydrogen-bond acceptors (Lipinski definition) is 3. The van der Waals surface area contributed by atoms with Crippen molar-refractivity contribution in [3.8, 4) is 0 Å². The minimum absolute atomic E-state index is 0.0910. The molecule has 0 aliphatic heterocycles. The number of aromatic nitrogens is 1. The number of nitrogens with two attached hydrogens (primary N) is 1. The van der Waals surface area contributed by atoms with E-state index in [1.54, 1.807) is 11.8 Å². The van der Waals surface area contributed by atoms with E-state index in [2.05, 4.69) is 36.2 Å². The van der Waals surface area contributed by atoms with Gasteiger partial charge in [-0.15, -0.1) is 0 Å². The molecule has 0 amide bonds. The maximum Gasteiger partial charge on any atom is 0.101 e. The van der Waals surface area contributed by atoms with Crippen molar-refractivity contribution in [1.82, 2.24) is 4.98 Å². The zero-order chi connectivity index (χ0) is 13.0. The van der Waals surface area contributed by atoms with E-state index in [0.717, 1.165) is 22.7 Å². The Balaban J connectivity index is 2.19. The summed E-state index contributed by atoms with van der Waals surface area (Å²) in [7, 11) is 0. The van der Waals surface area contributed by atoms with Crippen LogP contribution in [0.5, 0.6) is 0 Å². The first-order chi connectivity index (χ1) is 8.70. The van der Waals surface area contributed by atoms with Crippen LogP contribution in [0.25, 0.3) is 0 Å². The summed E-state index contributed by atoms with van der Waals surface area (Å²) >= 11 is 1.68. The molecule has 0 unspecified atom stereocenters. The molecular weight excluding hydrogens is 240 g/mol. The van der Waals surface area contributed by atoms with Gasteiger partial charge >= 0.3 is 0 Å². The van der Waals surface area contributed by atoms with E-state index in [4.69, 9.17) is 5.73 Å². The van der Waals surface area contributed by atoms with Crippen LogP contribution in [0, 0.1) is 6.92 Å². The van der Waals surface area contributed by atoms with Crippen LogP contribution in [-0.2, 0) is 0 Å². The van der Waals surface area contributed by atoms with Gasteiger partial charge in [-0.2, -0.15) is 0 Å². The third-order valence-electron chi connectivity index (χ3n) is 2.91. The molecule has 3 heteroatoms. The number of aryl methyl sites for hydroxylation is 1.